The zero-order valence-electron chi connectivity index (χ0n) is 46.3. The lowest BCUT2D eigenvalue weighted by atomic mass is 9.99. The van der Waals surface area contributed by atoms with Gasteiger partial charge in [-0.2, -0.15) is 8.42 Å². The van der Waals surface area contributed by atoms with Gasteiger partial charge in [-0.1, -0.05) is 263 Å². The van der Waals surface area contributed by atoms with Crippen LogP contribution in [0.3, 0.4) is 0 Å². The second kappa shape index (κ2) is 49.2. The van der Waals surface area contributed by atoms with Gasteiger partial charge >= 0.3 is 10.4 Å². The van der Waals surface area contributed by atoms with E-state index in [1.807, 2.05) is 6.08 Å². The summed E-state index contributed by atoms with van der Waals surface area (Å²) in [4.78, 5) is 13.1. The van der Waals surface area contributed by atoms with Gasteiger partial charge in [0.25, 0.3) is 0 Å². The second-order valence-electron chi connectivity index (χ2n) is 21.3. The van der Waals surface area contributed by atoms with Gasteiger partial charge in [-0.25, -0.2) is 4.18 Å². The summed E-state index contributed by atoms with van der Waals surface area (Å²) in [6, 6.07) is -0.946. The third kappa shape index (κ3) is 40.8. The molecular weight excluding hydrogens is 931 g/mol. The molecular formula is C59H113NO11S. The molecule has 1 aliphatic heterocycles. The number of aliphatic hydroxyl groups excluding tert-OH is 4. The van der Waals surface area contributed by atoms with E-state index in [1.165, 1.54) is 218 Å². The molecule has 13 heteroatoms. The van der Waals surface area contributed by atoms with Gasteiger partial charge in [0.05, 0.1) is 25.4 Å². The van der Waals surface area contributed by atoms with Gasteiger partial charge in [-0.3, -0.25) is 9.35 Å². The summed E-state index contributed by atoms with van der Waals surface area (Å²) in [7, 11) is -5.09. The number of allylic oxidation sites excluding steroid dienone is 3. The van der Waals surface area contributed by atoms with Gasteiger partial charge in [0.15, 0.2) is 6.29 Å². The largest absolute Gasteiger partial charge is 0.397 e. The van der Waals surface area contributed by atoms with E-state index in [-0.39, 0.29) is 18.9 Å². The van der Waals surface area contributed by atoms with Crippen molar-refractivity contribution < 1.29 is 51.8 Å². The van der Waals surface area contributed by atoms with E-state index < -0.39 is 59.9 Å². The van der Waals surface area contributed by atoms with Crippen LogP contribution in [0, 0.1) is 0 Å². The fraction of sp³-hybridized carbons (Fsp3) is 0.915. The highest BCUT2D eigenvalue weighted by atomic mass is 32.3. The molecule has 0 aromatic carbocycles. The molecule has 0 aliphatic carbocycles. The highest BCUT2D eigenvalue weighted by Gasteiger charge is 2.48. The van der Waals surface area contributed by atoms with Crippen molar-refractivity contribution in [1.29, 1.82) is 0 Å². The molecule has 7 atom stereocenters. The van der Waals surface area contributed by atoms with Gasteiger partial charge in [-0.15, -0.1) is 0 Å². The number of unbranched alkanes of at least 4 members (excludes halogenated alkanes) is 39. The van der Waals surface area contributed by atoms with Crippen LogP contribution in [-0.2, 0) is 28.9 Å². The fourth-order valence-corrected chi connectivity index (χ4v) is 10.3. The number of carbonyl (C=O) groups is 1. The number of hydrogen-bond acceptors (Lipinski definition) is 10. The molecule has 0 aromatic rings. The minimum Gasteiger partial charge on any atom is -0.394 e. The Hall–Kier alpha value is -1.42. The molecule has 12 nitrogen and oxygen atoms in total. The maximum absolute atomic E-state index is 13.1. The molecule has 0 spiro atoms. The SMILES string of the molecule is CCCCCCCCCCCCC/C=C\CCCCCCCCCC(=O)NC(COC1OC(CO)C(O)C(OS(=O)(=O)O)C1O)C(O)/C=C/CCCCCCCCCCCCCCCCCCCCCCC. The molecule has 1 fully saturated rings. The quantitative estimate of drug-likeness (QED) is 0.0193. The monoisotopic (exact) mass is 1040 g/mol. The lowest BCUT2D eigenvalue weighted by Gasteiger charge is -2.41. The number of nitrogens with one attached hydrogen (secondary N) is 1. The molecule has 426 valence electrons. The first kappa shape index (κ1) is 68.6. The van der Waals surface area contributed by atoms with Crippen LogP contribution in [0.2, 0.25) is 0 Å². The second-order valence-corrected chi connectivity index (χ2v) is 22.3. The first-order valence-corrected chi connectivity index (χ1v) is 31.6. The number of ether oxygens (including phenoxy) is 2. The first-order chi connectivity index (χ1) is 35.0. The van der Waals surface area contributed by atoms with Crippen LogP contribution in [0.5, 0.6) is 0 Å². The van der Waals surface area contributed by atoms with Gasteiger partial charge < -0.3 is 35.2 Å². The van der Waals surface area contributed by atoms with Gasteiger partial charge in [0, 0.05) is 6.42 Å². The van der Waals surface area contributed by atoms with E-state index in [4.69, 9.17) is 9.47 Å². The number of rotatable bonds is 53. The summed E-state index contributed by atoms with van der Waals surface area (Å²) in [6.45, 7) is 3.44. The third-order valence-electron chi connectivity index (χ3n) is 14.5. The Balaban J connectivity index is 2.36. The van der Waals surface area contributed by atoms with Crippen LogP contribution in [0.25, 0.3) is 0 Å². The lowest BCUT2D eigenvalue weighted by Crippen LogP contribution is -2.61. The summed E-state index contributed by atoms with van der Waals surface area (Å²) in [6.07, 6.45) is 52.2. The Bertz CT molecular complexity index is 1370. The third-order valence-corrected chi connectivity index (χ3v) is 14.9. The van der Waals surface area contributed by atoms with E-state index in [2.05, 4.69) is 35.5 Å². The summed E-state index contributed by atoms with van der Waals surface area (Å²) < 4.78 is 47.9. The molecule has 72 heavy (non-hydrogen) atoms. The van der Waals surface area contributed by atoms with Crippen molar-refractivity contribution in [2.45, 2.75) is 333 Å². The number of hydrogen-bond donors (Lipinski definition) is 6. The summed E-state index contributed by atoms with van der Waals surface area (Å²) in [5.41, 5.74) is 0. The summed E-state index contributed by atoms with van der Waals surface area (Å²) in [5.74, 6) is -0.262. The van der Waals surface area contributed by atoms with E-state index in [0.29, 0.717) is 6.42 Å². The van der Waals surface area contributed by atoms with Crippen molar-refractivity contribution >= 4 is 16.3 Å². The van der Waals surface area contributed by atoms with Crippen molar-refractivity contribution in [2.24, 2.45) is 0 Å². The highest BCUT2D eigenvalue weighted by molar-refractivity contribution is 7.80. The Morgan fingerprint density at radius 1 is 0.542 bits per heavy atom. The van der Waals surface area contributed by atoms with Crippen LogP contribution in [-0.4, -0.2) is 95.4 Å². The van der Waals surface area contributed by atoms with Crippen molar-refractivity contribution in [3.63, 3.8) is 0 Å². The molecule has 1 aliphatic rings. The minimum absolute atomic E-state index is 0.262. The normalized spacial score (nSPS) is 19.5. The molecule has 1 saturated heterocycles. The van der Waals surface area contributed by atoms with Crippen LogP contribution in [0.1, 0.15) is 290 Å². The average molecular weight is 1040 g/mol. The summed E-state index contributed by atoms with van der Waals surface area (Å²) >= 11 is 0. The van der Waals surface area contributed by atoms with Crippen LogP contribution >= 0.6 is 0 Å². The van der Waals surface area contributed by atoms with E-state index >= 15 is 0 Å². The summed E-state index contributed by atoms with van der Waals surface area (Å²) in [5, 5.41) is 45.0. The molecule has 0 bridgehead atoms. The number of aliphatic hydroxyl groups is 4. The van der Waals surface area contributed by atoms with Crippen LogP contribution in [0.15, 0.2) is 24.3 Å². The maximum Gasteiger partial charge on any atom is 0.397 e. The van der Waals surface area contributed by atoms with Crippen molar-refractivity contribution in [3.05, 3.63) is 24.3 Å². The van der Waals surface area contributed by atoms with Crippen molar-refractivity contribution in [1.82, 2.24) is 5.32 Å². The van der Waals surface area contributed by atoms with Gasteiger partial charge in [0.1, 0.15) is 24.4 Å². The Labute approximate surface area is 442 Å². The van der Waals surface area contributed by atoms with E-state index in [1.54, 1.807) is 6.08 Å². The average Bonchev–Trinajstić information content (AvgIpc) is 3.36. The molecule has 0 aromatic heterocycles. The predicted molar refractivity (Wildman–Crippen MR) is 296 cm³/mol. The topological polar surface area (TPSA) is 192 Å². The van der Waals surface area contributed by atoms with E-state index in [9.17, 15) is 38.2 Å². The smallest absolute Gasteiger partial charge is 0.394 e. The zero-order valence-corrected chi connectivity index (χ0v) is 47.1. The molecule has 1 rings (SSSR count). The van der Waals surface area contributed by atoms with Crippen molar-refractivity contribution in [3.8, 4) is 0 Å². The molecule has 0 saturated carbocycles. The molecule has 1 amide bonds. The Morgan fingerprint density at radius 3 is 1.25 bits per heavy atom. The molecule has 7 unspecified atom stereocenters. The fourth-order valence-electron chi connectivity index (χ4n) is 9.81. The van der Waals surface area contributed by atoms with Gasteiger partial charge in [0.2, 0.25) is 5.91 Å². The lowest BCUT2D eigenvalue weighted by molar-refractivity contribution is -0.298. The Morgan fingerprint density at radius 2 is 0.889 bits per heavy atom. The zero-order chi connectivity index (χ0) is 52.6. The maximum atomic E-state index is 13.1. The number of amides is 1. The molecule has 6 N–H and O–H groups in total. The predicted octanol–water partition coefficient (Wildman–Crippen LogP) is 14.4. The minimum atomic E-state index is -5.09. The van der Waals surface area contributed by atoms with Gasteiger partial charge in [-0.05, 0) is 44.9 Å². The standard InChI is InChI=1S/C59H113NO11S/c1-3-5-7-9-11-13-15-17-19-21-23-25-27-28-30-32-34-36-38-40-42-44-46-48-53(62)52(51-69-59-57(65)58(71-72(66,67)68)56(64)54(50-61)70-59)60-55(63)49-47-45-43-41-39-37-35-33-31-29-26-24-22-20-18-16-14-12-10-8-6-4-2/h29,31,46,48,52-54,56-59,61-62,64-65H,3-28,30,32-45,47,49-51H2,1-2H3,(H,60,63)(H,66,67,68)/b31-29-,48-46+. The highest BCUT2D eigenvalue weighted by Crippen LogP contribution is 2.26. The molecule has 0 radical (unpaired) electrons. The molecule has 1 heterocycles. The van der Waals surface area contributed by atoms with Crippen LogP contribution in [0.4, 0.5) is 0 Å². The van der Waals surface area contributed by atoms with Crippen LogP contribution < -0.4 is 5.32 Å². The number of carbonyl (C=O) groups excluding carboxylic acids is 1. The van der Waals surface area contributed by atoms with Crippen molar-refractivity contribution in [2.75, 3.05) is 13.2 Å². The first-order valence-electron chi connectivity index (χ1n) is 30.2. The van der Waals surface area contributed by atoms with E-state index in [0.717, 1.165) is 44.9 Å². The Kier molecular flexibility index (Phi) is 46.8.